The molecule has 1 fully saturated rings. The van der Waals surface area contributed by atoms with Crippen molar-refractivity contribution in [2.75, 3.05) is 24.6 Å². The van der Waals surface area contributed by atoms with Crippen LogP contribution in [0.4, 0.5) is 5.82 Å². The first-order valence-electron chi connectivity index (χ1n) is 9.05. The molecule has 0 aromatic carbocycles. The minimum Gasteiger partial charge on any atom is -0.493 e. The monoisotopic (exact) mass is 366 g/mol. The second-order valence-electron chi connectivity index (χ2n) is 6.85. The molecule has 27 heavy (non-hydrogen) atoms. The molecule has 0 radical (unpaired) electrons. The van der Waals surface area contributed by atoms with Gasteiger partial charge in [-0.1, -0.05) is 0 Å². The zero-order chi connectivity index (χ0) is 18.8. The lowest BCUT2D eigenvalue weighted by atomic mass is 9.98. The molecular formula is C19H22N6O2. The largest absolute Gasteiger partial charge is 0.493 e. The summed E-state index contributed by atoms with van der Waals surface area (Å²) in [6, 6.07) is 5.40. The Morgan fingerprint density at radius 2 is 2.07 bits per heavy atom. The van der Waals surface area contributed by atoms with Gasteiger partial charge in [-0.2, -0.15) is 5.10 Å². The second kappa shape index (κ2) is 7.22. The second-order valence-corrected chi connectivity index (χ2v) is 6.85. The standard InChI is InChI=1S/C19H22N6O2/c1-13-10-17-19(22-6-9-25(17)23-13)24-7-3-14(4-8-24)12-27-15-2-5-21-16(11-15)18(20)26/h2,5-6,9-11,14H,3-4,7-8,12H2,1H3,(H2,20,26). The molecule has 8 heteroatoms. The van der Waals surface area contributed by atoms with E-state index in [-0.39, 0.29) is 5.69 Å². The fraction of sp³-hybridized carbons (Fsp3) is 0.368. The molecule has 0 unspecified atom stereocenters. The van der Waals surface area contributed by atoms with Crippen LogP contribution in [-0.2, 0) is 0 Å². The number of carbonyl (C=O) groups is 1. The molecule has 3 aromatic heterocycles. The van der Waals surface area contributed by atoms with Crippen molar-refractivity contribution < 1.29 is 9.53 Å². The quantitative estimate of drug-likeness (QED) is 0.740. The maximum absolute atomic E-state index is 11.2. The van der Waals surface area contributed by atoms with Crippen molar-refractivity contribution >= 4 is 17.2 Å². The number of aryl methyl sites for hydroxylation is 1. The first-order chi connectivity index (χ1) is 13.1. The van der Waals surface area contributed by atoms with Crippen LogP contribution in [0.25, 0.3) is 5.52 Å². The van der Waals surface area contributed by atoms with Gasteiger partial charge in [-0.15, -0.1) is 0 Å². The smallest absolute Gasteiger partial charge is 0.267 e. The maximum Gasteiger partial charge on any atom is 0.267 e. The minimum atomic E-state index is -0.550. The number of hydrogen-bond donors (Lipinski definition) is 1. The molecule has 0 saturated carbocycles. The number of nitrogens with zero attached hydrogens (tertiary/aromatic N) is 5. The van der Waals surface area contributed by atoms with Crippen LogP contribution in [0.3, 0.4) is 0 Å². The van der Waals surface area contributed by atoms with E-state index in [0.29, 0.717) is 18.3 Å². The zero-order valence-electron chi connectivity index (χ0n) is 15.2. The third kappa shape index (κ3) is 3.69. The van der Waals surface area contributed by atoms with Crippen LogP contribution in [0.2, 0.25) is 0 Å². The lowest BCUT2D eigenvalue weighted by Gasteiger charge is -2.32. The van der Waals surface area contributed by atoms with Gasteiger partial charge in [0.25, 0.3) is 5.91 Å². The Bertz CT molecular complexity index is 962. The average molecular weight is 366 g/mol. The Morgan fingerprint density at radius 3 is 2.85 bits per heavy atom. The highest BCUT2D eigenvalue weighted by atomic mass is 16.5. The third-order valence-electron chi connectivity index (χ3n) is 4.88. The number of primary amides is 1. The summed E-state index contributed by atoms with van der Waals surface area (Å²) in [4.78, 5) is 22.0. The molecule has 1 saturated heterocycles. The lowest BCUT2D eigenvalue weighted by molar-refractivity contribution is 0.0995. The van der Waals surface area contributed by atoms with Crippen molar-refractivity contribution in [2.45, 2.75) is 19.8 Å². The highest BCUT2D eigenvalue weighted by Gasteiger charge is 2.22. The number of nitrogens with two attached hydrogens (primary N) is 1. The number of pyridine rings is 1. The number of amides is 1. The van der Waals surface area contributed by atoms with E-state index in [9.17, 15) is 4.79 Å². The van der Waals surface area contributed by atoms with Crippen LogP contribution in [0.5, 0.6) is 5.75 Å². The van der Waals surface area contributed by atoms with E-state index >= 15 is 0 Å². The Kier molecular flexibility index (Phi) is 4.62. The van der Waals surface area contributed by atoms with Gasteiger partial charge in [0.05, 0.1) is 12.3 Å². The van der Waals surface area contributed by atoms with Gasteiger partial charge >= 0.3 is 0 Å². The highest BCUT2D eigenvalue weighted by Crippen LogP contribution is 2.26. The number of carbonyl (C=O) groups excluding carboxylic acids is 1. The maximum atomic E-state index is 11.2. The summed E-state index contributed by atoms with van der Waals surface area (Å²) in [5.41, 5.74) is 7.51. The summed E-state index contributed by atoms with van der Waals surface area (Å²) in [6.07, 6.45) is 7.25. The highest BCUT2D eigenvalue weighted by molar-refractivity contribution is 5.91. The van der Waals surface area contributed by atoms with E-state index < -0.39 is 5.91 Å². The van der Waals surface area contributed by atoms with Gasteiger partial charge in [0, 0.05) is 37.7 Å². The van der Waals surface area contributed by atoms with Crippen molar-refractivity contribution in [2.24, 2.45) is 11.7 Å². The molecule has 0 spiro atoms. The van der Waals surface area contributed by atoms with Crippen LogP contribution >= 0.6 is 0 Å². The van der Waals surface area contributed by atoms with E-state index in [1.54, 1.807) is 18.3 Å². The van der Waals surface area contributed by atoms with E-state index in [2.05, 4.69) is 26.0 Å². The normalized spacial score (nSPS) is 15.2. The zero-order valence-corrected chi connectivity index (χ0v) is 15.2. The van der Waals surface area contributed by atoms with E-state index in [0.717, 1.165) is 43.0 Å². The van der Waals surface area contributed by atoms with Gasteiger partial charge in [-0.25, -0.2) is 9.50 Å². The SMILES string of the molecule is Cc1cc2c(N3CCC(COc4ccnc(C(N)=O)c4)CC3)nccn2n1. The first-order valence-corrected chi connectivity index (χ1v) is 9.05. The van der Waals surface area contributed by atoms with Gasteiger partial charge in [0.1, 0.15) is 17.0 Å². The van der Waals surface area contributed by atoms with Crippen LogP contribution in [0.15, 0.2) is 36.8 Å². The number of aromatic nitrogens is 4. The Morgan fingerprint density at radius 1 is 1.26 bits per heavy atom. The van der Waals surface area contributed by atoms with Crippen molar-refractivity contribution in [3.8, 4) is 5.75 Å². The molecule has 1 aliphatic rings. The average Bonchev–Trinajstić information content (AvgIpc) is 3.07. The van der Waals surface area contributed by atoms with Crippen LogP contribution in [0.1, 0.15) is 29.0 Å². The fourth-order valence-electron chi connectivity index (χ4n) is 3.44. The Labute approximate surface area is 157 Å². The molecule has 2 N–H and O–H groups in total. The van der Waals surface area contributed by atoms with Crippen molar-refractivity contribution in [1.82, 2.24) is 19.6 Å². The molecule has 140 valence electrons. The Balaban J connectivity index is 1.36. The number of hydrogen-bond acceptors (Lipinski definition) is 6. The van der Waals surface area contributed by atoms with Crippen molar-refractivity contribution in [3.05, 3.63) is 48.2 Å². The molecule has 0 atom stereocenters. The molecule has 3 aromatic rings. The predicted molar refractivity (Wildman–Crippen MR) is 101 cm³/mol. The molecule has 1 aliphatic heterocycles. The first kappa shape index (κ1) is 17.3. The summed E-state index contributed by atoms with van der Waals surface area (Å²) in [5.74, 6) is 1.52. The topological polar surface area (TPSA) is 98.6 Å². The lowest BCUT2D eigenvalue weighted by Crippen LogP contribution is -2.36. The molecule has 0 bridgehead atoms. The van der Waals surface area contributed by atoms with Gasteiger partial charge in [-0.05, 0) is 37.8 Å². The van der Waals surface area contributed by atoms with E-state index in [4.69, 9.17) is 10.5 Å². The van der Waals surface area contributed by atoms with Crippen molar-refractivity contribution in [1.29, 1.82) is 0 Å². The molecule has 0 aliphatic carbocycles. The summed E-state index contributed by atoms with van der Waals surface area (Å²) in [5, 5.41) is 4.46. The van der Waals surface area contributed by atoms with Crippen LogP contribution < -0.4 is 15.4 Å². The van der Waals surface area contributed by atoms with Crippen LogP contribution in [0, 0.1) is 12.8 Å². The Hall–Kier alpha value is -3.16. The number of ether oxygens (including phenoxy) is 1. The number of fused-ring (bicyclic) bond motifs is 1. The molecular weight excluding hydrogens is 344 g/mol. The number of piperidine rings is 1. The predicted octanol–water partition coefficient (Wildman–Crippen LogP) is 1.83. The third-order valence-corrected chi connectivity index (χ3v) is 4.88. The number of anilines is 1. The van der Waals surface area contributed by atoms with E-state index in [1.165, 1.54) is 6.20 Å². The van der Waals surface area contributed by atoms with Gasteiger partial charge in [-0.3, -0.25) is 9.78 Å². The molecule has 8 nitrogen and oxygen atoms in total. The summed E-state index contributed by atoms with van der Waals surface area (Å²) >= 11 is 0. The molecule has 4 heterocycles. The summed E-state index contributed by atoms with van der Waals surface area (Å²) in [7, 11) is 0. The van der Waals surface area contributed by atoms with Gasteiger partial charge in [0.2, 0.25) is 0 Å². The van der Waals surface area contributed by atoms with Crippen molar-refractivity contribution in [3.63, 3.8) is 0 Å². The van der Waals surface area contributed by atoms with Gasteiger partial charge in [0.15, 0.2) is 5.82 Å². The van der Waals surface area contributed by atoms with E-state index in [1.807, 2.05) is 17.6 Å². The van der Waals surface area contributed by atoms with Crippen LogP contribution in [-0.4, -0.2) is 45.2 Å². The minimum absolute atomic E-state index is 0.220. The molecule has 4 rings (SSSR count). The molecule has 1 amide bonds. The van der Waals surface area contributed by atoms with Gasteiger partial charge < -0.3 is 15.4 Å². The fourth-order valence-corrected chi connectivity index (χ4v) is 3.44. The number of rotatable bonds is 5. The summed E-state index contributed by atoms with van der Waals surface area (Å²) < 4.78 is 7.74. The summed E-state index contributed by atoms with van der Waals surface area (Å²) in [6.45, 7) is 4.45.